The standard InChI is InChI=1S/C30H38N2O11S/c1-18(2)14-32(44(36,37)22-8-9-26-27(13-22)41-17-40-26)15-25(34)24(12-20-4-6-21(7-5-20)42-19(3)33)31-30(35)43-28-16-39-29-23(28)10-11-38-29/h4-9,13,18,23-25,28-29,34H,10-12,14-17H2,1-3H3,(H,31,35)/t23-,24-,25+,28-,29+/m0/s1. The molecule has 3 aliphatic rings. The van der Waals surface area contributed by atoms with Crippen molar-refractivity contribution in [3.63, 3.8) is 0 Å². The Labute approximate surface area is 256 Å². The summed E-state index contributed by atoms with van der Waals surface area (Å²) in [5.41, 5.74) is 0.702. The monoisotopic (exact) mass is 634 g/mol. The van der Waals surface area contributed by atoms with Crippen LogP contribution in [0.25, 0.3) is 0 Å². The molecule has 3 aliphatic heterocycles. The molecule has 44 heavy (non-hydrogen) atoms. The van der Waals surface area contributed by atoms with Crippen LogP contribution in [0.5, 0.6) is 17.2 Å². The average molecular weight is 635 g/mol. The van der Waals surface area contributed by atoms with Gasteiger partial charge in [0.1, 0.15) is 11.9 Å². The van der Waals surface area contributed by atoms with Gasteiger partial charge in [-0.3, -0.25) is 4.79 Å². The van der Waals surface area contributed by atoms with Gasteiger partial charge in [0.15, 0.2) is 17.8 Å². The molecule has 0 aromatic heterocycles. The van der Waals surface area contributed by atoms with Crippen molar-refractivity contribution in [3.8, 4) is 17.2 Å². The Balaban J connectivity index is 1.35. The molecule has 2 aromatic rings. The van der Waals surface area contributed by atoms with E-state index in [1.54, 1.807) is 24.3 Å². The van der Waals surface area contributed by atoms with Crippen LogP contribution in [0.2, 0.25) is 0 Å². The van der Waals surface area contributed by atoms with E-state index in [1.807, 2.05) is 13.8 Å². The van der Waals surface area contributed by atoms with Gasteiger partial charge in [-0.25, -0.2) is 13.2 Å². The molecule has 0 bridgehead atoms. The number of ether oxygens (including phenoxy) is 6. The van der Waals surface area contributed by atoms with Gasteiger partial charge in [0.05, 0.1) is 36.2 Å². The maximum absolute atomic E-state index is 13.8. The fourth-order valence-corrected chi connectivity index (χ4v) is 7.10. The minimum Gasteiger partial charge on any atom is -0.454 e. The van der Waals surface area contributed by atoms with Gasteiger partial charge in [-0.1, -0.05) is 26.0 Å². The van der Waals surface area contributed by atoms with Gasteiger partial charge in [0.2, 0.25) is 16.8 Å². The minimum absolute atomic E-state index is 0.0000284. The lowest BCUT2D eigenvalue weighted by molar-refractivity contribution is -0.131. The number of carbonyl (C=O) groups excluding carboxylic acids is 2. The van der Waals surface area contributed by atoms with Crippen molar-refractivity contribution in [1.29, 1.82) is 0 Å². The smallest absolute Gasteiger partial charge is 0.407 e. The summed E-state index contributed by atoms with van der Waals surface area (Å²) < 4.78 is 61.4. The highest BCUT2D eigenvalue weighted by atomic mass is 32.2. The van der Waals surface area contributed by atoms with Crippen molar-refractivity contribution < 1.29 is 51.5 Å². The normalized spacial score (nSPS) is 22.1. The second-order valence-electron chi connectivity index (χ2n) is 11.5. The molecule has 2 saturated heterocycles. The summed E-state index contributed by atoms with van der Waals surface area (Å²) in [5.74, 6) is 0.506. The molecule has 0 unspecified atom stereocenters. The molecule has 2 fully saturated rings. The second kappa shape index (κ2) is 13.7. The lowest BCUT2D eigenvalue weighted by atomic mass is 10.0. The van der Waals surface area contributed by atoms with Crippen LogP contribution < -0.4 is 19.5 Å². The van der Waals surface area contributed by atoms with Gasteiger partial charge >= 0.3 is 12.1 Å². The lowest BCUT2D eigenvalue weighted by Crippen LogP contribution is -2.51. The van der Waals surface area contributed by atoms with E-state index in [0.29, 0.717) is 35.8 Å². The number of nitrogens with zero attached hydrogens (tertiary/aromatic N) is 1. The molecular weight excluding hydrogens is 596 g/mol. The summed E-state index contributed by atoms with van der Waals surface area (Å²) in [5, 5.41) is 14.3. The first kappa shape index (κ1) is 32.0. The maximum Gasteiger partial charge on any atom is 0.407 e. The van der Waals surface area contributed by atoms with E-state index in [9.17, 15) is 23.1 Å². The van der Waals surface area contributed by atoms with E-state index >= 15 is 0 Å². The van der Waals surface area contributed by atoms with Gasteiger partial charge in [-0.05, 0) is 48.6 Å². The number of fused-ring (bicyclic) bond motifs is 2. The Morgan fingerprint density at radius 2 is 1.82 bits per heavy atom. The van der Waals surface area contributed by atoms with Gasteiger partial charge in [-0.2, -0.15) is 4.31 Å². The summed E-state index contributed by atoms with van der Waals surface area (Å²) in [6, 6.07) is 10.0. The third-order valence-electron chi connectivity index (χ3n) is 7.59. The summed E-state index contributed by atoms with van der Waals surface area (Å²) in [6.45, 7) is 5.56. The molecule has 0 saturated carbocycles. The van der Waals surface area contributed by atoms with Crippen molar-refractivity contribution >= 4 is 22.1 Å². The summed E-state index contributed by atoms with van der Waals surface area (Å²) >= 11 is 0. The number of aliphatic hydroxyl groups excluding tert-OH is 1. The Morgan fingerprint density at radius 3 is 2.55 bits per heavy atom. The van der Waals surface area contributed by atoms with Crippen LogP contribution in [-0.4, -0.2) is 87.5 Å². The minimum atomic E-state index is -4.08. The Bertz CT molecular complexity index is 1430. The third kappa shape index (κ3) is 7.61. The number of aliphatic hydroxyl groups is 1. The molecule has 1 amide bonds. The van der Waals surface area contributed by atoms with E-state index in [-0.39, 0.29) is 49.6 Å². The van der Waals surface area contributed by atoms with Crippen LogP contribution in [0.15, 0.2) is 47.4 Å². The zero-order valence-electron chi connectivity index (χ0n) is 24.8. The van der Waals surface area contributed by atoms with Crippen LogP contribution in [0, 0.1) is 11.8 Å². The first-order valence-corrected chi connectivity index (χ1v) is 16.0. The summed E-state index contributed by atoms with van der Waals surface area (Å²) in [7, 11) is -4.08. The number of rotatable bonds is 12. The molecule has 240 valence electrons. The van der Waals surface area contributed by atoms with Crippen LogP contribution in [0.1, 0.15) is 32.8 Å². The molecule has 0 spiro atoms. The largest absolute Gasteiger partial charge is 0.454 e. The van der Waals surface area contributed by atoms with Gasteiger partial charge in [0.25, 0.3) is 0 Å². The SMILES string of the molecule is CC(=O)Oc1ccc(C[C@H](NC(=O)O[C@H]2CO[C@H]3OCC[C@H]32)[C@H](O)CN(CC(C)C)S(=O)(=O)c2ccc3c(c2)OCO3)cc1. The quantitative estimate of drug-likeness (QED) is 0.261. The highest BCUT2D eigenvalue weighted by molar-refractivity contribution is 7.89. The number of amides is 1. The predicted molar refractivity (Wildman–Crippen MR) is 155 cm³/mol. The molecule has 3 heterocycles. The van der Waals surface area contributed by atoms with E-state index < -0.39 is 46.6 Å². The fraction of sp³-hybridized carbons (Fsp3) is 0.533. The number of carbonyl (C=O) groups is 2. The van der Waals surface area contributed by atoms with Crippen molar-refractivity contribution in [3.05, 3.63) is 48.0 Å². The van der Waals surface area contributed by atoms with Crippen LogP contribution in [-0.2, 0) is 35.4 Å². The van der Waals surface area contributed by atoms with Crippen molar-refractivity contribution in [2.45, 2.75) is 63.0 Å². The Hall–Kier alpha value is -3.43. The zero-order valence-corrected chi connectivity index (χ0v) is 25.7. The summed E-state index contributed by atoms with van der Waals surface area (Å²) in [4.78, 5) is 24.4. The highest BCUT2D eigenvalue weighted by Gasteiger charge is 2.44. The van der Waals surface area contributed by atoms with Gasteiger partial charge < -0.3 is 38.8 Å². The van der Waals surface area contributed by atoms with Crippen LogP contribution in [0.4, 0.5) is 4.79 Å². The van der Waals surface area contributed by atoms with Crippen molar-refractivity contribution in [1.82, 2.24) is 9.62 Å². The number of benzene rings is 2. The number of hydrogen-bond donors (Lipinski definition) is 2. The van der Waals surface area contributed by atoms with E-state index in [2.05, 4.69) is 5.32 Å². The fourth-order valence-electron chi connectivity index (χ4n) is 5.47. The second-order valence-corrected chi connectivity index (χ2v) is 13.4. The van der Waals surface area contributed by atoms with E-state index in [0.717, 1.165) is 0 Å². The number of hydrogen-bond acceptors (Lipinski definition) is 11. The number of nitrogens with one attached hydrogen (secondary N) is 1. The third-order valence-corrected chi connectivity index (χ3v) is 9.42. The van der Waals surface area contributed by atoms with Crippen LogP contribution in [0.3, 0.4) is 0 Å². The van der Waals surface area contributed by atoms with E-state index in [4.69, 9.17) is 28.4 Å². The number of alkyl carbamates (subject to hydrolysis) is 1. The molecular formula is C30H38N2O11S. The predicted octanol–water partition coefficient (Wildman–Crippen LogP) is 2.45. The summed E-state index contributed by atoms with van der Waals surface area (Å²) in [6.07, 6.45) is -2.18. The molecule has 0 aliphatic carbocycles. The molecule has 14 heteroatoms. The molecule has 2 aromatic carbocycles. The van der Waals surface area contributed by atoms with Crippen LogP contribution >= 0.6 is 0 Å². The molecule has 13 nitrogen and oxygen atoms in total. The zero-order chi connectivity index (χ0) is 31.4. The van der Waals surface area contributed by atoms with Crippen molar-refractivity contribution in [2.75, 3.05) is 33.1 Å². The molecule has 5 atom stereocenters. The Morgan fingerprint density at radius 1 is 1.07 bits per heavy atom. The molecule has 0 radical (unpaired) electrons. The first-order chi connectivity index (χ1) is 21.0. The van der Waals surface area contributed by atoms with Gasteiger partial charge in [0, 0.05) is 26.1 Å². The molecule has 2 N–H and O–H groups in total. The Kier molecular flexibility index (Phi) is 9.95. The van der Waals surface area contributed by atoms with Gasteiger partial charge in [-0.15, -0.1) is 0 Å². The topological polar surface area (TPSA) is 159 Å². The lowest BCUT2D eigenvalue weighted by Gasteiger charge is -2.31. The number of sulfonamides is 1. The number of esters is 1. The van der Waals surface area contributed by atoms with E-state index in [1.165, 1.54) is 29.4 Å². The highest BCUT2D eigenvalue weighted by Crippen LogP contribution is 2.35. The first-order valence-electron chi connectivity index (χ1n) is 14.5. The molecule has 5 rings (SSSR count). The average Bonchev–Trinajstić information content (AvgIpc) is 3.71. The van der Waals surface area contributed by atoms with Crippen molar-refractivity contribution in [2.24, 2.45) is 11.8 Å². The maximum atomic E-state index is 13.8.